The van der Waals surface area contributed by atoms with E-state index in [1.54, 1.807) is 0 Å². The Bertz CT molecular complexity index is 593. The zero-order chi connectivity index (χ0) is 10.8. The molecular weight excluding hydrogens is 186 g/mol. The number of hydrogen-bond donors (Lipinski definition) is 1. The fourth-order valence-corrected chi connectivity index (χ4v) is 1.98. The van der Waals surface area contributed by atoms with Crippen molar-refractivity contribution in [3.05, 3.63) is 29.0 Å². The van der Waals surface area contributed by atoms with Crippen LogP contribution in [0.3, 0.4) is 0 Å². The van der Waals surface area contributed by atoms with Crippen molar-refractivity contribution in [1.82, 2.24) is 14.9 Å². The number of nitrogens with zero attached hydrogens (tertiary/aromatic N) is 2. The van der Waals surface area contributed by atoms with Gasteiger partial charge in [0, 0.05) is 48.6 Å². The number of aryl methyl sites for hydroxylation is 1. The average molecular weight is 201 g/mol. The maximum atomic E-state index is 4.17. The minimum Gasteiger partial charge on any atom is -0.393 e. The third kappa shape index (κ3) is 1.40. The molecule has 0 saturated heterocycles. The van der Waals surface area contributed by atoms with Crippen molar-refractivity contribution in [2.45, 2.75) is 6.92 Å². The molecule has 3 nitrogen and oxygen atoms in total. The Hall–Kier alpha value is -1.77. The van der Waals surface area contributed by atoms with Crippen LogP contribution in [0.5, 0.6) is 0 Å². The SMILES string of the molecule is C/C=c1\c(=C/NC)c2cnccc2n1C. The van der Waals surface area contributed by atoms with E-state index >= 15 is 0 Å². The molecule has 0 fully saturated rings. The van der Waals surface area contributed by atoms with E-state index in [0.717, 1.165) is 0 Å². The summed E-state index contributed by atoms with van der Waals surface area (Å²) < 4.78 is 2.18. The van der Waals surface area contributed by atoms with Crippen molar-refractivity contribution < 1.29 is 0 Å². The molecule has 1 N–H and O–H groups in total. The highest BCUT2D eigenvalue weighted by Gasteiger charge is 2.02. The van der Waals surface area contributed by atoms with Crippen molar-refractivity contribution in [3.8, 4) is 0 Å². The molecule has 0 radical (unpaired) electrons. The summed E-state index contributed by atoms with van der Waals surface area (Å²) >= 11 is 0. The fourth-order valence-electron chi connectivity index (χ4n) is 1.98. The van der Waals surface area contributed by atoms with Crippen LogP contribution < -0.4 is 15.9 Å². The molecule has 2 aromatic heterocycles. The molecular formula is C12H15N3. The van der Waals surface area contributed by atoms with Gasteiger partial charge in [-0.1, -0.05) is 6.08 Å². The molecule has 0 aliphatic rings. The van der Waals surface area contributed by atoms with Gasteiger partial charge in [0.05, 0.1) is 5.52 Å². The zero-order valence-electron chi connectivity index (χ0n) is 9.28. The molecule has 15 heavy (non-hydrogen) atoms. The van der Waals surface area contributed by atoms with E-state index in [4.69, 9.17) is 0 Å². The third-order valence-corrected chi connectivity index (χ3v) is 2.65. The summed E-state index contributed by atoms with van der Waals surface area (Å²) in [6.07, 6.45) is 7.86. The fraction of sp³-hybridized carbons (Fsp3) is 0.250. The van der Waals surface area contributed by atoms with Gasteiger partial charge in [-0.3, -0.25) is 4.98 Å². The van der Waals surface area contributed by atoms with E-state index in [-0.39, 0.29) is 0 Å². The molecule has 0 atom stereocenters. The summed E-state index contributed by atoms with van der Waals surface area (Å²) in [5.41, 5.74) is 1.21. The van der Waals surface area contributed by atoms with Crippen LogP contribution in [0.15, 0.2) is 18.5 Å². The highest BCUT2D eigenvalue weighted by molar-refractivity contribution is 5.80. The first-order valence-corrected chi connectivity index (χ1v) is 5.01. The lowest BCUT2D eigenvalue weighted by molar-refractivity contribution is 0.922. The molecule has 2 rings (SSSR count). The molecule has 0 unspecified atom stereocenters. The molecule has 2 heterocycles. The van der Waals surface area contributed by atoms with Crippen molar-refractivity contribution in [2.24, 2.45) is 7.05 Å². The van der Waals surface area contributed by atoms with E-state index in [2.05, 4.69) is 34.9 Å². The number of aromatic nitrogens is 2. The Morgan fingerprint density at radius 3 is 2.93 bits per heavy atom. The lowest BCUT2D eigenvalue weighted by Crippen LogP contribution is -2.28. The molecule has 78 valence electrons. The zero-order valence-corrected chi connectivity index (χ0v) is 9.28. The summed E-state index contributed by atoms with van der Waals surface area (Å²) in [7, 11) is 3.99. The number of nitrogens with one attached hydrogen (secondary N) is 1. The Morgan fingerprint density at radius 2 is 2.27 bits per heavy atom. The Kier molecular flexibility index (Phi) is 2.46. The van der Waals surface area contributed by atoms with Gasteiger partial charge in [0.25, 0.3) is 0 Å². The average Bonchev–Trinajstić information content (AvgIpc) is 2.54. The molecule has 0 aliphatic heterocycles. The minimum atomic E-state index is 1.18. The molecule has 0 aliphatic carbocycles. The molecule has 0 bridgehead atoms. The number of fused-ring (bicyclic) bond motifs is 1. The third-order valence-electron chi connectivity index (χ3n) is 2.65. The first-order valence-electron chi connectivity index (χ1n) is 5.01. The molecule has 0 aromatic carbocycles. The summed E-state index contributed by atoms with van der Waals surface area (Å²) in [4.78, 5) is 4.17. The standard InChI is InChI=1S/C12H15N3/c1-4-11-9(7-13-2)10-8-14-6-5-12(10)15(11)3/h4-8,13H,1-3H3/b9-7-,11-4+. The normalized spacial score (nSPS) is 13.8. The van der Waals surface area contributed by atoms with E-state index in [9.17, 15) is 0 Å². The maximum Gasteiger partial charge on any atom is 0.0520 e. The van der Waals surface area contributed by atoms with Gasteiger partial charge < -0.3 is 9.88 Å². The predicted octanol–water partition coefficient (Wildman–Crippen LogP) is 0.331. The molecule has 0 spiro atoms. The highest BCUT2D eigenvalue weighted by Crippen LogP contribution is 2.03. The van der Waals surface area contributed by atoms with Crippen LogP contribution in [0.2, 0.25) is 0 Å². The largest absolute Gasteiger partial charge is 0.393 e. The van der Waals surface area contributed by atoms with Crippen LogP contribution in [0.1, 0.15) is 6.92 Å². The number of pyridine rings is 1. The van der Waals surface area contributed by atoms with E-state index < -0.39 is 0 Å². The summed E-state index contributed by atoms with van der Waals surface area (Å²) in [5, 5.41) is 6.68. The van der Waals surface area contributed by atoms with Crippen molar-refractivity contribution in [3.63, 3.8) is 0 Å². The van der Waals surface area contributed by atoms with Gasteiger partial charge in [0.1, 0.15) is 0 Å². The van der Waals surface area contributed by atoms with E-state index in [1.807, 2.05) is 31.7 Å². The maximum absolute atomic E-state index is 4.17. The van der Waals surface area contributed by atoms with Crippen molar-refractivity contribution >= 4 is 23.2 Å². The van der Waals surface area contributed by atoms with Gasteiger partial charge in [-0.2, -0.15) is 0 Å². The number of hydrogen-bond acceptors (Lipinski definition) is 2. The van der Waals surface area contributed by atoms with Gasteiger partial charge >= 0.3 is 0 Å². The second-order valence-corrected chi connectivity index (χ2v) is 3.47. The lowest BCUT2D eigenvalue weighted by atomic mass is 10.3. The minimum absolute atomic E-state index is 1.18. The summed E-state index contributed by atoms with van der Waals surface area (Å²) in [6, 6.07) is 2.04. The second kappa shape index (κ2) is 3.77. The van der Waals surface area contributed by atoms with Crippen LogP contribution in [0.4, 0.5) is 0 Å². The Labute approximate surface area is 88.7 Å². The Morgan fingerprint density at radius 1 is 1.47 bits per heavy atom. The monoisotopic (exact) mass is 201 g/mol. The quantitative estimate of drug-likeness (QED) is 0.720. The molecule has 3 heteroatoms. The van der Waals surface area contributed by atoms with Crippen molar-refractivity contribution in [1.29, 1.82) is 0 Å². The molecule has 0 amide bonds. The molecule has 0 saturated carbocycles. The summed E-state index contributed by atoms with van der Waals surface area (Å²) in [5.74, 6) is 0. The smallest absolute Gasteiger partial charge is 0.0520 e. The van der Waals surface area contributed by atoms with Crippen LogP contribution in [0, 0.1) is 0 Å². The first kappa shape index (κ1) is 9.77. The first-order chi connectivity index (χ1) is 7.29. The van der Waals surface area contributed by atoms with Crippen molar-refractivity contribution in [2.75, 3.05) is 7.05 Å². The number of rotatable bonds is 1. The van der Waals surface area contributed by atoms with Gasteiger partial charge in [-0.15, -0.1) is 0 Å². The van der Waals surface area contributed by atoms with Gasteiger partial charge in [0.2, 0.25) is 0 Å². The van der Waals surface area contributed by atoms with Crippen LogP contribution >= 0.6 is 0 Å². The van der Waals surface area contributed by atoms with Gasteiger partial charge in [0.15, 0.2) is 0 Å². The highest BCUT2D eigenvalue weighted by atomic mass is 14.9. The predicted molar refractivity (Wildman–Crippen MR) is 63.6 cm³/mol. The van der Waals surface area contributed by atoms with E-state index in [1.165, 1.54) is 21.5 Å². The van der Waals surface area contributed by atoms with Crippen LogP contribution in [-0.4, -0.2) is 16.6 Å². The topological polar surface area (TPSA) is 29.9 Å². The summed E-state index contributed by atoms with van der Waals surface area (Å²) in [6.45, 7) is 2.05. The molecule has 2 aromatic rings. The second-order valence-electron chi connectivity index (χ2n) is 3.47. The van der Waals surface area contributed by atoms with E-state index in [0.29, 0.717) is 0 Å². The lowest BCUT2D eigenvalue weighted by Gasteiger charge is -1.93. The van der Waals surface area contributed by atoms with Gasteiger partial charge in [-0.05, 0) is 13.0 Å². The Balaban J connectivity index is 3.06. The van der Waals surface area contributed by atoms with Crippen LogP contribution in [0.25, 0.3) is 23.2 Å². The van der Waals surface area contributed by atoms with Crippen LogP contribution in [-0.2, 0) is 7.05 Å². The van der Waals surface area contributed by atoms with Gasteiger partial charge in [-0.25, -0.2) is 0 Å².